The number of ether oxygens (including phenoxy) is 1. The molecule has 1 fully saturated rings. The Labute approximate surface area is 122 Å². The van der Waals surface area contributed by atoms with Crippen LogP contribution >= 0.6 is 11.6 Å². The summed E-state index contributed by atoms with van der Waals surface area (Å²) in [5.74, 6) is 0. The van der Waals surface area contributed by atoms with Gasteiger partial charge < -0.3 is 4.74 Å². The topological polar surface area (TPSA) is 55.3 Å². The summed E-state index contributed by atoms with van der Waals surface area (Å²) in [5, 5.41) is 0.251. The van der Waals surface area contributed by atoms with Crippen LogP contribution in [0.1, 0.15) is 31.7 Å². The van der Waals surface area contributed by atoms with Crippen molar-refractivity contribution >= 4 is 23.3 Å². The van der Waals surface area contributed by atoms with Crippen molar-refractivity contribution in [2.75, 3.05) is 6.61 Å². The van der Waals surface area contributed by atoms with Gasteiger partial charge in [-0.25, -0.2) is 14.8 Å². The Morgan fingerprint density at radius 2 is 2.20 bits per heavy atom. The third kappa shape index (κ3) is 2.38. The van der Waals surface area contributed by atoms with E-state index < -0.39 is 0 Å². The second kappa shape index (κ2) is 5.40. The molecule has 0 spiro atoms. The zero-order chi connectivity index (χ0) is 14.1. The van der Waals surface area contributed by atoms with Crippen LogP contribution in [0.2, 0.25) is 5.28 Å². The highest BCUT2D eigenvalue weighted by molar-refractivity contribution is 6.28. The molecule has 1 amide bonds. The highest BCUT2D eigenvalue weighted by Crippen LogP contribution is 2.38. The van der Waals surface area contributed by atoms with Gasteiger partial charge in [-0.2, -0.15) is 0 Å². The lowest BCUT2D eigenvalue weighted by Gasteiger charge is -2.33. The lowest BCUT2D eigenvalue weighted by atomic mass is 9.97. The number of hydrogen-bond acceptors (Lipinski definition) is 4. The lowest BCUT2D eigenvalue weighted by Crippen LogP contribution is -2.43. The highest BCUT2D eigenvalue weighted by atomic mass is 35.5. The van der Waals surface area contributed by atoms with Gasteiger partial charge in [0.25, 0.3) is 0 Å². The minimum Gasteiger partial charge on any atom is -0.450 e. The SMILES string of the molecule is CCOC(=O)N1[C@H]2CC[C@@H]1C=C(c1cnc(Cl)nc1)C2. The number of carbonyl (C=O) groups excluding carboxylic acids is 1. The molecule has 1 aromatic heterocycles. The zero-order valence-electron chi connectivity index (χ0n) is 11.3. The fourth-order valence-electron chi connectivity index (χ4n) is 3.00. The Bertz CT molecular complexity index is 544. The van der Waals surface area contributed by atoms with E-state index in [1.54, 1.807) is 12.4 Å². The van der Waals surface area contributed by atoms with Crippen molar-refractivity contribution in [3.05, 3.63) is 29.3 Å². The summed E-state index contributed by atoms with van der Waals surface area (Å²) >= 11 is 5.71. The van der Waals surface area contributed by atoms with Gasteiger partial charge >= 0.3 is 6.09 Å². The van der Waals surface area contributed by atoms with Crippen molar-refractivity contribution in [3.8, 4) is 0 Å². The molecule has 0 aromatic carbocycles. The van der Waals surface area contributed by atoms with Crippen molar-refractivity contribution in [1.29, 1.82) is 0 Å². The molecule has 0 radical (unpaired) electrons. The van der Waals surface area contributed by atoms with Crippen LogP contribution in [0.5, 0.6) is 0 Å². The van der Waals surface area contributed by atoms with Gasteiger partial charge in [-0.1, -0.05) is 6.08 Å². The van der Waals surface area contributed by atoms with E-state index >= 15 is 0 Å². The van der Waals surface area contributed by atoms with Crippen LogP contribution in [0.15, 0.2) is 18.5 Å². The molecule has 1 saturated heterocycles. The van der Waals surface area contributed by atoms with Gasteiger partial charge in [0.15, 0.2) is 0 Å². The van der Waals surface area contributed by atoms with Gasteiger partial charge in [0, 0.05) is 24.0 Å². The predicted octanol–water partition coefficient (Wildman–Crippen LogP) is 2.91. The summed E-state index contributed by atoms with van der Waals surface area (Å²) in [4.78, 5) is 21.9. The number of halogens is 1. The first kappa shape index (κ1) is 13.4. The monoisotopic (exact) mass is 293 g/mol. The number of hydrogen-bond donors (Lipinski definition) is 0. The Morgan fingerprint density at radius 1 is 1.45 bits per heavy atom. The van der Waals surface area contributed by atoms with E-state index in [1.807, 2.05) is 11.8 Å². The first-order valence-electron chi connectivity index (χ1n) is 6.82. The van der Waals surface area contributed by atoms with Crippen LogP contribution in [0.25, 0.3) is 5.57 Å². The number of carbonyl (C=O) groups is 1. The van der Waals surface area contributed by atoms with E-state index in [0.29, 0.717) is 6.61 Å². The molecule has 0 aliphatic carbocycles. The second-order valence-electron chi connectivity index (χ2n) is 5.04. The third-order valence-corrected chi connectivity index (χ3v) is 4.06. The predicted molar refractivity (Wildman–Crippen MR) is 75.3 cm³/mol. The molecule has 3 heterocycles. The fraction of sp³-hybridized carbons (Fsp3) is 0.500. The van der Waals surface area contributed by atoms with E-state index in [4.69, 9.17) is 16.3 Å². The van der Waals surface area contributed by atoms with E-state index in [2.05, 4.69) is 16.0 Å². The van der Waals surface area contributed by atoms with E-state index in [1.165, 1.54) is 5.57 Å². The van der Waals surface area contributed by atoms with Crippen LogP contribution in [0.3, 0.4) is 0 Å². The normalized spacial score (nSPS) is 24.5. The highest BCUT2D eigenvalue weighted by Gasteiger charge is 2.40. The molecule has 2 bridgehead atoms. The van der Waals surface area contributed by atoms with E-state index in [-0.39, 0.29) is 23.5 Å². The molecule has 3 rings (SSSR count). The Balaban J connectivity index is 1.83. The number of rotatable bonds is 2. The smallest absolute Gasteiger partial charge is 0.410 e. The second-order valence-corrected chi connectivity index (χ2v) is 5.38. The van der Waals surface area contributed by atoms with Crippen molar-refractivity contribution in [2.24, 2.45) is 0 Å². The molecule has 5 nitrogen and oxygen atoms in total. The number of fused-ring (bicyclic) bond motifs is 2. The number of amides is 1. The molecule has 0 unspecified atom stereocenters. The third-order valence-electron chi connectivity index (χ3n) is 3.87. The van der Waals surface area contributed by atoms with Crippen molar-refractivity contribution in [1.82, 2.24) is 14.9 Å². The molecular weight excluding hydrogens is 278 g/mol. The van der Waals surface area contributed by atoms with Crippen LogP contribution in [-0.2, 0) is 4.74 Å². The van der Waals surface area contributed by atoms with Crippen molar-refractivity contribution < 1.29 is 9.53 Å². The van der Waals surface area contributed by atoms with Gasteiger partial charge in [0.05, 0.1) is 12.6 Å². The van der Waals surface area contributed by atoms with Gasteiger partial charge in [0.2, 0.25) is 5.28 Å². The Hall–Kier alpha value is -1.62. The summed E-state index contributed by atoms with van der Waals surface area (Å²) in [6, 6.07) is 0.341. The number of aromatic nitrogens is 2. The largest absolute Gasteiger partial charge is 0.450 e. The molecule has 2 aliphatic rings. The minimum absolute atomic E-state index is 0.124. The average Bonchev–Trinajstić information content (AvgIpc) is 2.71. The summed E-state index contributed by atoms with van der Waals surface area (Å²) < 4.78 is 5.13. The minimum atomic E-state index is -0.206. The summed E-state index contributed by atoms with van der Waals surface area (Å²) in [6.07, 6.45) is 8.22. The first-order valence-corrected chi connectivity index (χ1v) is 7.20. The maximum Gasteiger partial charge on any atom is 0.410 e. The maximum atomic E-state index is 12.0. The summed E-state index contributed by atoms with van der Waals surface area (Å²) in [6.45, 7) is 2.24. The fourth-order valence-corrected chi connectivity index (χ4v) is 3.10. The van der Waals surface area contributed by atoms with Crippen LogP contribution in [0.4, 0.5) is 4.79 Å². The summed E-state index contributed by atoms with van der Waals surface area (Å²) in [5.41, 5.74) is 2.17. The standard InChI is InChI=1S/C14H16ClN3O2/c1-2-20-14(19)18-11-3-4-12(18)6-9(5-11)10-7-16-13(15)17-8-10/h5,7-8,11-12H,2-4,6H2,1H3/t11-,12+/m1/s1. The molecular formula is C14H16ClN3O2. The molecule has 6 heteroatoms. The van der Waals surface area contributed by atoms with Crippen LogP contribution in [0, 0.1) is 0 Å². The van der Waals surface area contributed by atoms with Gasteiger partial charge in [-0.15, -0.1) is 0 Å². The molecule has 1 aromatic rings. The van der Waals surface area contributed by atoms with Gasteiger partial charge in [-0.3, -0.25) is 4.90 Å². The van der Waals surface area contributed by atoms with Crippen LogP contribution < -0.4 is 0 Å². The quantitative estimate of drug-likeness (QED) is 0.787. The van der Waals surface area contributed by atoms with Gasteiger partial charge in [0.1, 0.15) is 0 Å². The first-order chi connectivity index (χ1) is 9.69. The molecule has 0 N–H and O–H groups in total. The maximum absolute atomic E-state index is 12.0. The van der Waals surface area contributed by atoms with E-state index in [0.717, 1.165) is 24.8 Å². The Kier molecular flexibility index (Phi) is 3.61. The van der Waals surface area contributed by atoms with Gasteiger partial charge in [-0.05, 0) is 43.4 Å². The molecule has 2 aliphatic heterocycles. The van der Waals surface area contributed by atoms with Crippen molar-refractivity contribution in [2.45, 2.75) is 38.3 Å². The number of nitrogens with zero attached hydrogens (tertiary/aromatic N) is 3. The molecule has 20 heavy (non-hydrogen) atoms. The van der Waals surface area contributed by atoms with Crippen molar-refractivity contribution in [3.63, 3.8) is 0 Å². The lowest BCUT2D eigenvalue weighted by molar-refractivity contribution is 0.0933. The van der Waals surface area contributed by atoms with Crippen LogP contribution in [-0.4, -0.2) is 39.7 Å². The average molecular weight is 294 g/mol. The zero-order valence-corrected chi connectivity index (χ0v) is 12.0. The molecule has 0 saturated carbocycles. The van der Waals surface area contributed by atoms with E-state index in [9.17, 15) is 4.79 Å². The summed E-state index contributed by atoms with van der Waals surface area (Å²) in [7, 11) is 0. The molecule has 2 atom stereocenters. The Morgan fingerprint density at radius 3 is 2.85 bits per heavy atom. The molecule has 106 valence electrons.